The molecule has 0 radical (unpaired) electrons. The van der Waals surface area contributed by atoms with Crippen molar-refractivity contribution in [2.45, 2.75) is 0 Å². The molecule has 0 saturated carbocycles. The van der Waals surface area contributed by atoms with Crippen molar-refractivity contribution in [1.29, 1.82) is 0 Å². The van der Waals surface area contributed by atoms with E-state index in [2.05, 4.69) is 15.6 Å². The van der Waals surface area contributed by atoms with Crippen LogP contribution in [0.1, 0.15) is 5.56 Å². The molecular formula is C17H11N3OS. The van der Waals surface area contributed by atoms with Crippen molar-refractivity contribution in [1.82, 2.24) is 15.6 Å². The molecule has 1 fully saturated rings. The number of fused-ring (bicyclic) bond motifs is 2. The first kappa shape index (κ1) is 12.9. The van der Waals surface area contributed by atoms with E-state index >= 15 is 0 Å². The minimum Gasteiger partial charge on any atom is -0.328 e. The third-order valence-corrected chi connectivity index (χ3v) is 3.84. The van der Waals surface area contributed by atoms with E-state index in [0.29, 0.717) is 10.8 Å². The molecule has 1 aromatic heterocycles. The third kappa shape index (κ3) is 2.03. The summed E-state index contributed by atoms with van der Waals surface area (Å²) < 4.78 is 0. The van der Waals surface area contributed by atoms with Gasteiger partial charge in [-0.1, -0.05) is 36.4 Å². The van der Waals surface area contributed by atoms with Crippen LogP contribution >= 0.6 is 12.2 Å². The maximum Gasteiger partial charge on any atom is 0.273 e. The number of thiocarbonyl (C=S) groups is 1. The second-order valence-electron chi connectivity index (χ2n) is 5.03. The Morgan fingerprint density at radius 3 is 2.05 bits per heavy atom. The zero-order valence-electron chi connectivity index (χ0n) is 11.5. The predicted molar refractivity (Wildman–Crippen MR) is 91.1 cm³/mol. The summed E-state index contributed by atoms with van der Waals surface area (Å²) in [6.45, 7) is 0. The van der Waals surface area contributed by atoms with E-state index in [1.807, 2.05) is 54.6 Å². The van der Waals surface area contributed by atoms with Crippen molar-refractivity contribution in [3.8, 4) is 0 Å². The number of para-hydroxylation sites is 2. The van der Waals surface area contributed by atoms with E-state index in [0.717, 1.165) is 27.4 Å². The molecule has 2 aromatic carbocycles. The number of rotatable bonds is 1. The quantitative estimate of drug-likeness (QED) is 0.412. The second-order valence-corrected chi connectivity index (χ2v) is 5.43. The summed E-state index contributed by atoms with van der Waals surface area (Å²) in [4.78, 5) is 16.6. The van der Waals surface area contributed by atoms with Crippen molar-refractivity contribution in [2.24, 2.45) is 0 Å². The largest absolute Gasteiger partial charge is 0.328 e. The fraction of sp³-hybridized carbons (Fsp3) is 0. The van der Waals surface area contributed by atoms with Gasteiger partial charge in [0.1, 0.15) is 5.70 Å². The van der Waals surface area contributed by atoms with Crippen LogP contribution in [0.5, 0.6) is 0 Å². The standard InChI is InChI=1S/C17H11N3OS/c21-16-15(19-17(22)20-16)9-12-10-5-1-3-7-13(10)18-14-8-4-2-6-11(12)14/h1-9H,(H2,19,20,21,22). The van der Waals surface area contributed by atoms with Crippen LogP contribution < -0.4 is 10.6 Å². The van der Waals surface area contributed by atoms with E-state index in [-0.39, 0.29) is 5.91 Å². The Morgan fingerprint density at radius 2 is 1.50 bits per heavy atom. The van der Waals surface area contributed by atoms with Gasteiger partial charge in [-0.05, 0) is 36.0 Å². The first-order valence-corrected chi connectivity index (χ1v) is 7.25. The lowest BCUT2D eigenvalue weighted by molar-refractivity contribution is -0.115. The molecule has 0 aliphatic carbocycles. The Balaban J connectivity index is 2.07. The minimum absolute atomic E-state index is 0.213. The highest BCUT2D eigenvalue weighted by molar-refractivity contribution is 7.80. The van der Waals surface area contributed by atoms with Crippen LogP contribution in [-0.2, 0) is 4.79 Å². The Hall–Kier alpha value is -2.79. The molecule has 1 aliphatic rings. The summed E-state index contributed by atoms with van der Waals surface area (Å²) in [6.07, 6.45) is 1.83. The Bertz CT molecular complexity index is 924. The molecular weight excluding hydrogens is 294 g/mol. The Morgan fingerprint density at radius 1 is 0.909 bits per heavy atom. The molecule has 1 saturated heterocycles. The maximum atomic E-state index is 11.9. The van der Waals surface area contributed by atoms with E-state index in [1.165, 1.54) is 0 Å². The third-order valence-electron chi connectivity index (χ3n) is 3.64. The van der Waals surface area contributed by atoms with Crippen molar-refractivity contribution in [3.63, 3.8) is 0 Å². The van der Waals surface area contributed by atoms with Crippen LogP contribution in [0, 0.1) is 0 Å². The number of aromatic nitrogens is 1. The molecule has 3 aromatic rings. The number of hydrogen-bond donors (Lipinski definition) is 2. The normalized spacial score (nSPS) is 16.3. The topological polar surface area (TPSA) is 54.0 Å². The highest BCUT2D eigenvalue weighted by atomic mass is 32.1. The predicted octanol–water partition coefficient (Wildman–Crippen LogP) is 2.73. The highest BCUT2D eigenvalue weighted by Gasteiger charge is 2.20. The van der Waals surface area contributed by atoms with E-state index in [4.69, 9.17) is 12.2 Å². The Kier molecular flexibility index (Phi) is 2.87. The number of amides is 1. The minimum atomic E-state index is -0.213. The van der Waals surface area contributed by atoms with Gasteiger partial charge in [0, 0.05) is 10.8 Å². The van der Waals surface area contributed by atoms with Gasteiger partial charge >= 0.3 is 0 Å². The molecule has 0 bridgehead atoms. The van der Waals surface area contributed by atoms with Crippen molar-refractivity contribution < 1.29 is 4.79 Å². The summed E-state index contributed by atoms with van der Waals surface area (Å²) in [5.41, 5.74) is 3.21. The van der Waals surface area contributed by atoms with Crippen LogP contribution in [0.4, 0.5) is 0 Å². The number of carbonyl (C=O) groups is 1. The summed E-state index contributed by atoms with van der Waals surface area (Å²) in [7, 11) is 0. The average molecular weight is 305 g/mol. The maximum absolute atomic E-state index is 11.9. The number of nitrogens with zero attached hydrogens (tertiary/aromatic N) is 1. The van der Waals surface area contributed by atoms with Gasteiger partial charge in [0.05, 0.1) is 11.0 Å². The van der Waals surface area contributed by atoms with Crippen LogP contribution in [0.2, 0.25) is 0 Å². The molecule has 4 rings (SSSR count). The zero-order chi connectivity index (χ0) is 15.1. The van der Waals surface area contributed by atoms with Crippen LogP contribution in [0.15, 0.2) is 54.2 Å². The smallest absolute Gasteiger partial charge is 0.273 e. The van der Waals surface area contributed by atoms with Gasteiger partial charge in [0.2, 0.25) is 0 Å². The monoisotopic (exact) mass is 305 g/mol. The zero-order valence-corrected chi connectivity index (χ0v) is 12.3. The lowest BCUT2D eigenvalue weighted by atomic mass is 10.0. The summed E-state index contributed by atoms with van der Waals surface area (Å²) >= 11 is 4.98. The summed E-state index contributed by atoms with van der Waals surface area (Å²) in [5.74, 6) is -0.213. The first-order chi connectivity index (χ1) is 10.7. The van der Waals surface area contributed by atoms with Crippen molar-refractivity contribution in [3.05, 3.63) is 59.8 Å². The van der Waals surface area contributed by atoms with Gasteiger partial charge in [-0.3, -0.25) is 10.1 Å². The lowest BCUT2D eigenvalue weighted by Crippen LogP contribution is -2.21. The van der Waals surface area contributed by atoms with Gasteiger partial charge in [-0.2, -0.15) is 0 Å². The molecule has 0 atom stereocenters. The fourth-order valence-electron chi connectivity index (χ4n) is 2.65. The molecule has 5 heteroatoms. The SMILES string of the molecule is O=C1NC(=S)NC1=Cc1c2ccccc2nc2ccccc12. The van der Waals surface area contributed by atoms with Gasteiger partial charge < -0.3 is 5.32 Å². The molecule has 0 spiro atoms. The molecule has 0 unspecified atom stereocenters. The van der Waals surface area contributed by atoms with E-state index in [1.54, 1.807) is 0 Å². The molecule has 1 aliphatic heterocycles. The van der Waals surface area contributed by atoms with Gasteiger partial charge in [0.25, 0.3) is 5.91 Å². The molecule has 2 heterocycles. The van der Waals surface area contributed by atoms with E-state index in [9.17, 15) is 4.79 Å². The van der Waals surface area contributed by atoms with Crippen LogP contribution in [-0.4, -0.2) is 16.0 Å². The fourth-order valence-corrected chi connectivity index (χ4v) is 2.86. The van der Waals surface area contributed by atoms with Crippen LogP contribution in [0.3, 0.4) is 0 Å². The van der Waals surface area contributed by atoms with Crippen LogP contribution in [0.25, 0.3) is 27.9 Å². The lowest BCUT2D eigenvalue weighted by Gasteiger charge is -2.08. The molecule has 1 amide bonds. The first-order valence-electron chi connectivity index (χ1n) is 6.84. The number of carbonyl (C=O) groups excluding carboxylic acids is 1. The van der Waals surface area contributed by atoms with E-state index < -0.39 is 0 Å². The highest BCUT2D eigenvalue weighted by Crippen LogP contribution is 2.27. The number of nitrogens with one attached hydrogen (secondary N) is 2. The Labute approximate surface area is 131 Å². The molecule has 106 valence electrons. The second kappa shape index (κ2) is 4.89. The average Bonchev–Trinajstić information content (AvgIpc) is 2.84. The summed E-state index contributed by atoms with van der Waals surface area (Å²) in [6, 6.07) is 15.8. The number of hydrogen-bond acceptors (Lipinski definition) is 3. The van der Waals surface area contributed by atoms with Crippen molar-refractivity contribution in [2.75, 3.05) is 0 Å². The van der Waals surface area contributed by atoms with Gasteiger partial charge in [-0.15, -0.1) is 0 Å². The molecule has 2 N–H and O–H groups in total. The number of pyridine rings is 1. The van der Waals surface area contributed by atoms with Crippen molar-refractivity contribution >= 4 is 51.1 Å². The van der Waals surface area contributed by atoms with Gasteiger partial charge in [-0.25, -0.2) is 4.98 Å². The molecule has 22 heavy (non-hydrogen) atoms. The number of benzene rings is 2. The summed E-state index contributed by atoms with van der Waals surface area (Å²) in [5, 5.41) is 7.81. The van der Waals surface area contributed by atoms with Gasteiger partial charge in [0.15, 0.2) is 5.11 Å². The molecule has 4 nitrogen and oxygen atoms in total.